The molecule has 0 saturated carbocycles. The summed E-state index contributed by atoms with van der Waals surface area (Å²) in [5.74, 6) is 1.31. The van der Waals surface area contributed by atoms with Gasteiger partial charge in [-0.2, -0.15) is 0 Å². The van der Waals surface area contributed by atoms with Gasteiger partial charge in [-0.3, -0.25) is 4.98 Å². The van der Waals surface area contributed by atoms with Gasteiger partial charge in [0.25, 0.3) is 0 Å². The van der Waals surface area contributed by atoms with Crippen molar-refractivity contribution in [2.24, 2.45) is 5.92 Å². The van der Waals surface area contributed by atoms with Crippen LogP contribution in [0.5, 0.6) is 0 Å². The highest BCUT2D eigenvalue weighted by Crippen LogP contribution is 2.22. The number of aryl methyl sites for hydroxylation is 1. The van der Waals surface area contributed by atoms with Gasteiger partial charge in [-0.15, -0.1) is 0 Å². The first kappa shape index (κ1) is 12.2. The lowest BCUT2D eigenvalue weighted by Crippen LogP contribution is -2.19. The highest BCUT2D eigenvalue weighted by atomic mass is 14.8. The third-order valence-corrected chi connectivity index (χ3v) is 2.61. The molecule has 2 nitrogen and oxygen atoms in total. The number of likely N-dealkylation sites (N-methyl/N-ethyl adjacent to an activating group) is 1. The molecular formula is C13H22N2. The molecule has 0 aromatic carbocycles. The highest BCUT2D eigenvalue weighted by Gasteiger charge is 2.12. The molecule has 15 heavy (non-hydrogen) atoms. The summed E-state index contributed by atoms with van der Waals surface area (Å²) in [7, 11) is 2.01. The quantitative estimate of drug-likeness (QED) is 0.801. The minimum Gasteiger partial charge on any atom is -0.319 e. The third kappa shape index (κ3) is 4.00. The molecule has 2 heteroatoms. The second-order valence-corrected chi connectivity index (χ2v) is 4.62. The van der Waals surface area contributed by atoms with Crippen molar-refractivity contribution in [1.29, 1.82) is 0 Å². The Kier molecular flexibility index (Phi) is 4.76. The van der Waals surface area contributed by atoms with Crippen LogP contribution in [-0.2, 0) is 0 Å². The molecule has 1 aromatic heterocycles. The maximum absolute atomic E-state index is 4.36. The Morgan fingerprint density at radius 1 is 1.33 bits per heavy atom. The first-order chi connectivity index (χ1) is 7.13. The molecule has 0 amide bonds. The van der Waals surface area contributed by atoms with Crippen molar-refractivity contribution < 1.29 is 0 Å². The van der Waals surface area contributed by atoms with Crippen molar-refractivity contribution in [2.75, 3.05) is 13.6 Å². The lowest BCUT2D eigenvalue weighted by Gasteiger charge is -2.18. The second kappa shape index (κ2) is 5.86. The van der Waals surface area contributed by atoms with Gasteiger partial charge in [-0.1, -0.05) is 19.9 Å². The molecule has 0 aliphatic carbocycles. The summed E-state index contributed by atoms with van der Waals surface area (Å²) in [6, 6.07) is 4.30. The fourth-order valence-electron chi connectivity index (χ4n) is 1.87. The summed E-state index contributed by atoms with van der Waals surface area (Å²) in [4.78, 5) is 4.36. The van der Waals surface area contributed by atoms with E-state index in [1.54, 1.807) is 0 Å². The molecule has 1 N–H and O–H groups in total. The zero-order valence-corrected chi connectivity index (χ0v) is 10.2. The van der Waals surface area contributed by atoms with E-state index >= 15 is 0 Å². The molecule has 1 rings (SSSR count). The van der Waals surface area contributed by atoms with Crippen molar-refractivity contribution >= 4 is 0 Å². The Bertz CT molecular complexity index is 277. The Morgan fingerprint density at radius 3 is 2.53 bits per heavy atom. The van der Waals surface area contributed by atoms with Crippen LogP contribution in [0.3, 0.4) is 0 Å². The first-order valence-electron chi connectivity index (χ1n) is 5.70. The van der Waals surface area contributed by atoms with Gasteiger partial charge in [-0.05, 0) is 43.9 Å². The van der Waals surface area contributed by atoms with Crippen molar-refractivity contribution in [3.8, 4) is 0 Å². The van der Waals surface area contributed by atoms with E-state index in [2.05, 4.69) is 36.3 Å². The fourth-order valence-corrected chi connectivity index (χ4v) is 1.87. The smallest absolute Gasteiger partial charge is 0.0372 e. The number of nitrogens with one attached hydrogen (secondary N) is 1. The highest BCUT2D eigenvalue weighted by molar-refractivity contribution is 5.18. The van der Waals surface area contributed by atoms with Crippen LogP contribution in [0.1, 0.15) is 37.4 Å². The van der Waals surface area contributed by atoms with E-state index in [-0.39, 0.29) is 0 Å². The van der Waals surface area contributed by atoms with E-state index in [1.165, 1.54) is 12.0 Å². The summed E-state index contributed by atoms with van der Waals surface area (Å²) in [5.41, 5.74) is 2.44. The van der Waals surface area contributed by atoms with E-state index < -0.39 is 0 Å². The molecule has 0 fully saturated rings. The minimum atomic E-state index is 0.586. The number of hydrogen-bond acceptors (Lipinski definition) is 2. The summed E-state index contributed by atoms with van der Waals surface area (Å²) in [6.45, 7) is 7.59. The normalized spacial score (nSPS) is 13.1. The summed E-state index contributed by atoms with van der Waals surface area (Å²) < 4.78 is 0. The predicted octanol–water partition coefficient (Wildman–Crippen LogP) is 2.74. The summed E-state index contributed by atoms with van der Waals surface area (Å²) >= 11 is 0. The van der Waals surface area contributed by atoms with Crippen molar-refractivity contribution in [3.63, 3.8) is 0 Å². The van der Waals surface area contributed by atoms with Gasteiger partial charge in [0, 0.05) is 18.4 Å². The molecule has 0 saturated heterocycles. The third-order valence-electron chi connectivity index (χ3n) is 2.61. The average Bonchev–Trinajstić information content (AvgIpc) is 2.17. The monoisotopic (exact) mass is 206 g/mol. The van der Waals surface area contributed by atoms with Crippen LogP contribution in [-0.4, -0.2) is 18.6 Å². The number of aromatic nitrogens is 1. The van der Waals surface area contributed by atoms with Crippen molar-refractivity contribution in [2.45, 2.75) is 33.1 Å². The molecule has 1 aromatic rings. The molecular weight excluding hydrogens is 184 g/mol. The molecule has 0 bridgehead atoms. The van der Waals surface area contributed by atoms with Crippen LogP contribution < -0.4 is 5.32 Å². The van der Waals surface area contributed by atoms with Gasteiger partial charge in [-0.25, -0.2) is 0 Å². The molecule has 0 aliphatic heterocycles. The topological polar surface area (TPSA) is 24.9 Å². The zero-order chi connectivity index (χ0) is 11.3. The average molecular weight is 206 g/mol. The molecule has 1 heterocycles. The van der Waals surface area contributed by atoms with Crippen LogP contribution in [0.15, 0.2) is 18.3 Å². The Labute approximate surface area is 93.1 Å². The number of hydrogen-bond donors (Lipinski definition) is 1. The van der Waals surface area contributed by atoms with Crippen LogP contribution in [0.25, 0.3) is 0 Å². The Hall–Kier alpha value is -0.890. The molecule has 0 aliphatic rings. The maximum Gasteiger partial charge on any atom is 0.0372 e. The van der Waals surface area contributed by atoms with Gasteiger partial charge in [0.05, 0.1) is 0 Å². The van der Waals surface area contributed by atoms with Gasteiger partial charge in [0.2, 0.25) is 0 Å². The molecule has 0 spiro atoms. The second-order valence-electron chi connectivity index (χ2n) is 4.62. The number of pyridine rings is 1. The minimum absolute atomic E-state index is 0.586. The zero-order valence-electron chi connectivity index (χ0n) is 10.2. The largest absolute Gasteiger partial charge is 0.319 e. The number of nitrogens with zero attached hydrogens (tertiary/aromatic N) is 1. The van der Waals surface area contributed by atoms with E-state index in [1.807, 2.05) is 20.2 Å². The first-order valence-corrected chi connectivity index (χ1v) is 5.70. The van der Waals surface area contributed by atoms with Crippen LogP contribution >= 0.6 is 0 Å². The molecule has 1 atom stereocenters. The lowest BCUT2D eigenvalue weighted by atomic mass is 9.91. The predicted molar refractivity (Wildman–Crippen MR) is 65.1 cm³/mol. The van der Waals surface area contributed by atoms with Gasteiger partial charge < -0.3 is 5.32 Å². The van der Waals surface area contributed by atoms with Crippen LogP contribution in [0.2, 0.25) is 0 Å². The van der Waals surface area contributed by atoms with E-state index in [9.17, 15) is 0 Å². The van der Waals surface area contributed by atoms with Gasteiger partial charge in [0.15, 0.2) is 0 Å². The molecule has 0 radical (unpaired) electrons. The van der Waals surface area contributed by atoms with Gasteiger partial charge >= 0.3 is 0 Å². The molecule has 84 valence electrons. The Balaban J connectivity index is 2.74. The van der Waals surface area contributed by atoms with Crippen LogP contribution in [0, 0.1) is 12.8 Å². The van der Waals surface area contributed by atoms with Crippen LogP contribution in [0.4, 0.5) is 0 Å². The van der Waals surface area contributed by atoms with Gasteiger partial charge in [0.1, 0.15) is 0 Å². The standard InChI is InChI=1S/C13H22N2/c1-10(2)7-13(8-14-4)12-6-5-11(3)15-9-12/h5-6,9-10,13-14H,7-8H2,1-4H3. The van der Waals surface area contributed by atoms with E-state index in [0.717, 1.165) is 18.2 Å². The van der Waals surface area contributed by atoms with Crippen molar-refractivity contribution in [1.82, 2.24) is 10.3 Å². The Morgan fingerprint density at radius 2 is 2.07 bits per heavy atom. The summed E-state index contributed by atoms with van der Waals surface area (Å²) in [6.07, 6.45) is 3.23. The lowest BCUT2D eigenvalue weighted by molar-refractivity contribution is 0.483. The number of rotatable bonds is 5. The van der Waals surface area contributed by atoms with E-state index in [0.29, 0.717) is 5.92 Å². The molecule has 1 unspecified atom stereocenters. The van der Waals surface area contributed by atoms with Crippen molar-refractivity contribution in [3.05, 3.63) is 29.6 Å². The fraction of sp³-hybridized carbons (Fsp3) is 0.615. The van der Waals surface area contributed by atoms with E-state index in [4.69, 9.17) is 0 Å². The summed E-state index contributed by atoms with van der Waals surface area (Å²) in [5, 5.41) is 3.26. The maximum atomic E-state index is 4.36. The SMILES string of the molecule is CNCC(CC(C)C)c1ccc(C)nc1.